The standard InChI is InChI=1S/C16H20N2S/c1-4-17-16-7-5-6-14(18-16)11-19-15-9-8-12(2)13(3)10-15/h5-10H,4,11H2,1-3H3,(H,17,18). The molecule has 0 spiro atoms. The molecule has 0 aliphatic heterocycles. The molecule has 0 saturated heterocycles. The van der Waals surface area contributed by atoms with Crippen molar-refractivity contribution in [3.05, 3.63) is 53.2 Å². The molecule has 0 aliphatic rings. The van der Waals surface area contributed by atoms with Crippen LogP contribution in [0, 0.1) is 13.8 Å². The summed E-state index contributed by atoms with van der Waals surface area (Å²) in [5.41, 5.74) is 3.80. The molecule has 1 aromatic carbocycles. The van der Waals surface area contributed by atoms with Gasteiger partial charge in [0.1, 0.15) is 5.82 Å². The van der Waals surface area contributed by atoms with Gasteiger partial charge >= 0.3 is 0 Å². The van der Waals surface area contributed by atoms with E-state index in [9.17, 15) is 0 Å². The quantitative estimate of drug-likeness (QED) is 0.815. The van der Waals surface area contributed by atoms with Crippen LogP contribution in [-0.4, -0.2) is 11.5 Å². The van der Waals surface area contributed by atoms with Gasteiger partial charge in [-0.2, -0.15) is 0 Å². The number of anilines is 1. The molecule has 0 fully saturated rings. The minimum atomic E-state index is 0.904. The topological polar surface area (TPSA) is 24.9 Å². The molecule has 1 heterocycles. The average Bonchev–Trinajstić information content (AvgIpc) is 2.41. The lowest BCUT2D eigenvalue weighted by Gasteiger charge is -2.07. The summed E-state index contributed by atoms with van der Waals surface area (Å²) in [6, 6.07) is 12.7. The van der Waals surface area contributed by atoms with Gasteiger partial charge in [0, 0.05) is 17.2 Å². The van der Waals surface area contributed by atoms with Crippen molar-refractivity contribution in [3.8, 4) is 0 Å². The van der Waals surface area contributed by atoms with Crippen LogP contribution in [0.25, 0.3) is 0 Å². The van der Waals surface area contributed by atoms with Crippen molar-refractivity contribution in [1.82, 2.24) is 4.98 Å². The number of hydrogen-bond donors (Lipinski definition) is 1. The fraction of sp³-hybridized carbons (Fsp3) is 0.312. The Morgan fingerprint density at radius 1 is 1.11 bits per heavy atom. The van der Waals surface area contributed by atoms with E-state index in [1.807, 2.05) is 17.8 Å². The van der Waals surface area contributed by atoms with Gasteiger partial charge in [-0.15, -0.1) is 11.8 Å². The van der Waals surface area contributed by atoms with Gasteiger partial charge in [0.2, 0.25) is 0 Å². The van der Waals surface area contributed by atoms with E-state index in [-0.39, 0.29) is 0 Å². The summed E-state index contributed by atoms with van der Waals surface area (Å²) in [6.07, 6.45) is 0. The summed E-state index contributed by atoms with van der Waals surface area (Å²) >= 11 is 1.83. The Hall–Kier alpha value is -1.48. The minimum Gasteiger partial charge on any atom is -0.370 e. The van der Waals surface area contributed by atoms with Crippen molar-refractivity contribution >= 4 is 17.6 Å². The number of nitrogens with one attached hydrogen (secondary N) is 1. The first kappa shape index (κ1) is 13.9. The molecule has 100 valence electrons. The van der Waals surface area contributed by atoms with E-state index in [1.54, 1.807) is 0 Å². The van der Waals surface area contributed by atoms with E-state index >= 15 is 0 Å². The normalized spacial score (nSPS) is 10.5. The van der Waals surface area contributed by atoms with E-state index in [0.29, 0.717) is 0 Å². The van der Waals surface area contributed by atoms with Gasteiger partial charge < -0.3 is 5.32 Å². The van der Waals surface area contributed by atoms with E-state index in [0.717, 1.165) is 23.8 Å². The molecule has 1 N–H and O–H groups in total. The van der Waals surface area contributed by atoms with E-state index in [2.05, 4.69) is 61.4 Å². The van der Waals surface area contributed by atoms with Gasteiger partial charge in [-0.05, 0) is 56.2 Å². The Balaban J connectivity index is 2.01. The first-order chi connectivity index (χ1) is 9.19. The number of nitrogens with zero attached hydrogens (tertiary/aromatic N) is 1. The maximum atomic E-state index is 4.59. The Morgan fingerprint density at radius 2 is 1.95 bits per heavy atom. The monoisotopic (exact) mass is 272 g/mol. The zero-order chi connectivity index (χ0) is 13.7. The highest BCUT2D eigenvalue weighted by Crippen LogP contribution is 2.24. The Morgan fingerprint density at radius 3 is 2.68 bits per heavy atom. The molecule has 1 aromatic heterocycles. The van der Waals surface area contributed by atoms with Crippen LogP contribution in [0.2, 0.25) is 0 Å². The second-order valence-corrected chi connectivity index (χ2v) is 5.63. The molecule has 2 nitrogen and oxygen atoms in total. The maximum Gasteiger partial charge on any atom is 0.126 e. The minimum absolute atomic E-state index is 0.904. The van der Waals surface area contributed by atoms with E-state index in [4.69, 9.17) is 0 Å². The van der Waals surface area contributed by atoms with Crippen LogP contribution in [0.3, 0.4) is 0 Å². The van der Waals surface area contributed by atoms with Crippen LogP contribution in [0.4, 0.5) is 5.82 Å². The smallest absolute Gasteiger partial charge is 0.126 e. The summed E-state index contributed by atoms with van der Waals surface area (Å²) < 4.78 is 0. The van der Waals surface area contributed by atoms with Crippen molar-refractivity contribution in [1.29, 1.82) is 0 Å². The zero-order valence-electron chi connectivity index (χ0n) is 11.7. The number of thioether (sulfide) groups is 1. The summed E-state index contributed by atoms with van der Waals surface area (Å²) in [6.45, 7) is 7.29. The Labute approximate surface area is 119 Å². The largest absolute Gasteiger partial charge is 0.370 e. The van der Waals surface area contributed by atoms with Gasteiger partial charge in [-0.1, -0.05) is 12.1 Å². The number of benzene rings is 1. The Bertz CT molecular complexity index is 552. The maximum absolute atomic E-state index is 4.59. The Kier molecular flexibility index (Phi) is 4.86. The summed E-state index contributed by atoms with van der Waals surface area (Å²) in [7, 11) is 0. The molecule has 0 unspecified atom stereocenters. The summed E-state index contributed by atoms with van der Waals surface area (Å²) in [5, 5.41) is 3.24. The summed E-state index contributed by atoms with van der Waals surface area (Å²) in [5.74, 6) is 1.86. The van der Waals surface area contributed by atoms with Gasteiger partial charge in [-0.25, -0.2) is 4.98 Å². The molecular weight excluding hydrogens is 252 g/mol. The lowest BCUT2D eigenvalue weighted by atomic mass is 10.1. The molecular formula is C16H20N2S. The van der Waals surface area contributed by atoms with E-state index < -0.39 is 0 Å². The number of rotatable bonds is 5. The molecule has 0 radical (unpaired) electrons. The molecule has 3 heteroatoms. The predicted octanol–water partition coefficient (Wildman–Crippen LogP) is 4.42. The molecule has 0 atom stereocenters. The van der Waals surface area contributed by atoms with Crippen LogP contribution in [0.15, 0.2) is 41.3 Å². The fourth-order valence-electron chi connectivity index (χ4n) is 1.80. The van der Waals surface area contributed by atoms with E-state index in [1.165, 1.54) is 16.0 Å². The predicted molar refractivity (Wildman–Crippen MR) is 83.9 cm³/mol. The van der Waals surface area contributed by atoms with Crippen molar-refractivity contribution in [3.63, 3.8) is 0 Å². The highest BCUT2D eigenvalue weighted by atomic mass is 32.2. The zero-order valence-corrected chi connectivity index (χ0v) is 12.6. The van der Waals surface area contributed by atoms with Crippen LogP contribution in [0.1, 0.15) is 23.7 Å². The van der Waals surface area contributed by atoms with Gasteiger partial charge in [-0.3, -0.25) is 0 Å². The van der Waals surface area contributed by atoms with Gasteiger partial charge in [0.15, 0.2) is 0 Å². The van der Waals surface area contributed by atoms with Crippen molar-refractivity contribution in [2.75, 3.05) is 11.9 Å². The van der Waals surface area contributed by atoms with Gasteiger partial charge in [0.05, 0.1) is 5.69 Å². The fourth-order valence-corrected chi connectivity index (χ4v) is 2.70. The molecule has 2 rings (SSSR count). The number of hydrogen-bond acceptors (Lipinski definition) is 3. The SMILES string of the molecule is CCNc1cccc(CSc2ccc(C)c(C)c2)n1. The first-order valence-electron chi connectivity index (χ1n) is 6.59. The van der Waals surface area contributed by atoms with Crippen molar-refractivity contribution < 1.29 is 0 Å². The van der Waals surface area contributed by atoms with Crippen LogP contribution < -0.4 is 5.32 Å². The molecule has 19 heavy (non-hydrogen) atoms. The third-order valence-electron chi connectivity index (χ3n) is 3.03. The average molecular weight is 272 g/mol. The number of aromatic nitrogens is 1. The lowest BCUT2D eigenvalue weighted by molar-refractivity contribution is 1.11. The molecule has 0 saturated carbocycles. The summed E-state index contributed by atoms with van der Waals surface area (Å²) in [4.78, 5) is 5.89. The highest BCUT2D eigenvalue weighted by molar-refractivity contribution is 7.98. The lowest BCUT2D eigenvalue weighted by Crippen LogP contribution is -2.00. The third kappa shape index (κ3) is 4.00. The number of aryl methyl sites for hydroxylation is 2. The number of pyridine rings is 1. The van der Waals surface area contributed by atoms with Crippen molar-refractivity contribution in [2.45, 2.75) is 31.4 Å². The van der Waals surface area contributed by atoms with Crippen LogP contribution in [0.5, 0.6) is 0 Å². The van der Waals surface area contributed by atoms with Crippen molar-refractivity contribution in [2.24, 2.45) is 0 Å². The molecule has 0 amide bonds. The second-order valence-electron chi connectivity index (χ2n) is 4.58. The van der Waals surface area contributed by atoms with Crippen LogP contribution >= 0.6 is 11.8 Å². The second kappa shape index (κ2) is 6.62. The molecule has 2 aromatic rings. The van der Waals surface area contributed by atoms with Gasteiger partial charge in [0.25, 0.3) is 0 Å². The molecule has 0 bridgehead atoms. The van der Waals surface area contributed by atoms with Crippen LogP contribution in [-0.2, 0) is 5.75 Å². The first-order valence-corrected chi connectivity index (χ1v) is 7.57. The molecule has 0 aliphatic carbocycles. The highest BCUT2D eigenvalue weighted by Gasteiger charge is 2.01. The third-order valence-corrected chi connectivity index (χ3v) is 4.06.